The average molecular weight is 495 g/mol. The van der Waals surface area contributed by atoms with Crippen LogP contribution < -0.4 is 0 Å². The van der Waals surface area contributed by atoms with Gasteiger partial charge >= 0.3 is 0 Å². The number of hydrogen-bond acceptors (Lipinski definition) is 5. The van der Waals surface area contributed by atoms with Gasteiger partial charge in [0.25, 0.3) is 0 Å². The normalized spacial score (nSPS) is 25.0. The van der Waals surface area contributed by atoms with Gasteiger partial charge < -0.3 is 19.7 Å². The highest BCUT2D eigenvalue weighted by atomic mass is 35.5. The Bertz CT molecular complexity index is 833. The van der Waals surface area contributed by atoms with E-state index in [2.05, 4.69) is 24.3 Å². The summed E-state index contributed by atoms with van der Waals surface area (Å²) in [6.07, 6.45) is 10.1. The van der Waals surface area contributed by atoms with Crippen LogP contribution >= 0.6 is 23.4 Å². The van der Waals surface area contributed by atoms with Crippen molar-refractivity contribution in [2.75, 3.05) is 12.0 Å². The summed E-state index contributed by atoms with van der Waals surface area (Å²) in [6.45, 7) is 8.06. The van der Waals surface area contributed by atoms with Gasteiger partial charge in [0.2, 0.25) is 0 Å². The third kappa shape index (κ3) is 8.18. The molecule has 1 aliphatic heterocycles. The Labute approximate surface area is 208 Å². The summed E-state index contributed by atoms with van der Waals surface area (Å²) < 4.78 is 12.0. The Hall–Kier alpha value is -1.24. The fourth-order valence-electron chi connectivity index (χ4n) is 4.02. The van der Waals surface area contributed by atoms with Gasteiger partial charge in [-0.3, -0.25) is 0 Å². The summed E-state index contributed by atoms with van der Waals surface area (Å²) in [5, 5.41) is 21.0. The van der Waals surface area contributed by atoms with E-state index in [9.17, 15) is 10.2 Å². The SMILES string of the molecule is CC.CSCC1CC(O)[C@@H](O)C(c2ccc(CCl)c(CC3=CC=C(OC(C)C)CC=C3)c2)O1. The Kier molecular flexibility index (Phi) is 12.1. The van der Waals surface area contributed by atoms with E-state index in [0.717, 1.165) is 46.6 Å². The molecule has 33 heavy (non-hydrogen) atoms. The molecule has 0 saturated carbocycles. The van der Waals surface area contributed by atoms with Gasteiger partial charge in [-0.2, -0.15) is 11.8 Å². The van der Waals surface area contributed by atoms with Crippen molar-refractivity contribution < 1.29 is 19.7 Å². The number of aliphatic hydroxyl groups excluding tert-OH is 2. The molecule has 0 radical (unpaired) electrons. The third-order valence-electron chi connectivity index (χ3n) is 5.52. The third-order valence-corrected chi connectivity index (χ3v) is 6.51. The van der Waals surface area contributed by atoms with Crippen LogP contribution in [0.15, 0.2) is 53.8 Å². The van der Waals surface area contributed by atoms with Crippen LogP contribution in [0, 0.1) is 0 Å². The minimum Gasteiger partial charge on any atom is -0.495 e. The predicted molar refractivity (Wildman–Crippen MR) is 140 cm³/mol. The number of thioether (sulfide) groups is 1. The second-order valence-electron chi connectivity index (χ2n) is 8.41. The highest BCUT2D eigenvalue weighted by Crippen LogP contribution is 2.34. The zero-order valence-electron chi connectivity index (χ0n) is 20.5. The molecule has 184 valence electrons. The first-order chi connectivity index (χ1) is 15.9. The predicted octanol–water partition coefficient (Wildman–Crippen LogP) is 6.10. The van der Waals surface area contributed by atoms with E-state index in [-0.39, 0.29) is 12.2 Å². The molecular weight excluding hydrogens is 456 g/mol. The number of rotatable bonds is 8. The molecule has 6 heteroatoms. The molecule has 1 fully saturated rings. The highest BCUT2D eigenvalue weighted by molar-refractivity contribution is 7.98. The molecule has 3 rings (SSSR count). The largest absolute Gasteiger partial charge is 0.495 e. The lowest BCUT2D eigenvalue weighted by Crippen LogP contribution is -2.44. The van der Waals surface area contributed by atoms with Gasteiger partial charge in [-0.15, -0.1) is 11.6 Å². The molecule has 1 heterocycles. The monoisotopic (exact) mass is 494 g/mol. The van der Waals surface area contributed by atoms with Crippen LogP contribution in [0.3, 0.4) is 0 Å². The minimum atomic E-state index is -0.941. The molecule has 1 aliphatic carbocycles. The van der Waals surface area contributed by atoms with Gasteiger partial charge in [0.1, 0.15) is 18.0 Å². The fourth-order valence-corrected chi connectivity index (χ4v) is 4.87. The summed E-state index contributed by atoms with van der Waals surface area (Å²) in [4.78, 5) is 0. The maximum atomic E-state index is 10.6. The fraction of sp³-hybridized carbons (Fsp3) is 0.556. The van der Waals surface area contributed by atoms with E-state index in [1.165, 1.54) is 0 Å². The van der Waals surface area contributed by atoms with Crippen molar-refractivity contribution in [1.82, 2.24) is 0 Å². The first kappa shape index (κ1) is 28.0. The molecule has 0 aromatic heterocycles. The Morgan fingerprint density at radius 2 is 1.94 bits per heavy atom. The summed E-state index contributed by atoms with van der Waals surface area (Å²) in [5.74, 6) is 2.16. The minimum absolute atomic E-state index is 0.0773. The van der Waals surface area contributed by atoms with E-state index in [1.807, 2.05) is 52.2 Å². The zero-order valence-corrected chi connectivity index (χ0v) is 22.0. The van der Waals surface area contributed by atoms with Crippen molar-refractivity contribution in [3.05, 3.63) is 70.5 Å². The van der Waals surface area contributed by atoms with Gasteiger partial charge in [0.05, 0.1) is 18.3 Å². The van der Waals surface area contributed by atoms with Crippen LogP contribution in [0.1, 0.15) is 63.3 Å². The van der Waals surface area contributed by atoms with Crippen molar-refractivity contribution in [3.8, 4) is 0 Å². The van der Waals surface area contributed by atoms with E-state index in [1.54, 1.807) is 11.8 Å². The van der Waals surface area contributed by atoms with Crippen LogP contribution in [0.4, 0.5) is 0 Å². The highest BCUT2D eigenvalue weighted by Gasteiger charge is 2.37. The standard InChI is InChI=1S/C25H33ClO4S.C2H6/c1-16(2)29-21-6-4-5-17(7-10-21)11-20-12-18(8-9-19(20)14-26)25-24(28)23(27)13-22(30-25)15-31-3;1-2/h4-5,7-10,12,16,22-25,27-28H,6,11,13-15H2,1-3H3;1-2H3/t22?,23?,24-,25?;/m1./s1. The molecule has 0 spiro atoms. The molecule has 2 aliphatic rings. The van der Waals surface area contributed by atoms with Crippen LogP contribution in [-0.4, -0.2) is 46.6 Å². The first-order valence-electron chi connectivity index (χ1n) is 11.8. The van der Waals surface area contributed by atoms with Gasteiger partial charge in [0, 0.05) is 24.5 Å². The summed E-state index contributed by atoms with van der Waals surface area (Å²) >= 11 is 7.90. The van der Waals surface area contributed by atoms with Crippen molar-refractivity contribution in [1.29, 1.82) is 0 Å². The van der Waals surface area contributed by atoms with E-state index >= 15 is 0 Å². The molecule has 1 saturated heterocycles. The van der Waals surface area contributed by atoms with Crippen LogP contribution in [0.2, 0.25) is 0 Å². The zero-order chi connectivity index (χ0) is 24.4. The second-order valence-corrected chi connectivity index (χ2v) is 9.59. The number of ether oxygens (including phenoxy) is 2. The van der Waals surface area contributed by atoms with Crippen molar-refractivity contribution >= 4 is 23.4 Å². The number of aliphatic hydroxyl groups is 2. The van der Waals surface area contributed by atoms with Crippen molar-refractivity contribution in [2.24, 2.45) is 0 Å². The Morgan fingerprint density at radius 3 is 2.61 bits per heavy atom. The summed E-state index contributed by atoms with van der Waals surface area (Å²) in [6, 6.07) is 6.02. The number of allylic oxidation sites excluding steroid dienone is 5. The van der Waals surface area contributed by atoms with Crippen LogP contribution in [-0.2, 0) is 21.8 Å². The van der Waals surface area contributed by atoms with E-state index < -0.39 is 18.3 Å². The first-order valence-corrected chi connectivity index (χ1v) is 13.7. The molecule has 1 aromatic rings. The number of halogens is 1. The lowest BCUT2D eigenvalue weighted by Gasteiger charge is -2.37. The lowest BCUT2D eigenvalue weighted by molar-refractivity contribution is -0.164. The van der Waals surface area contributed by atoms with Gasteiger partial charge in [0.15, 0.2) is 0 Å². The quantitative estimate of drug-likeness (QED) is 0.427. The smallest absolute Gasteiger partial charge is 0.111 e. The Morgan fingerprint density at radius 1 is 1.18 bits per heavy atom. The van der Waals surface area contributed by atoms with Crippen LogP contribution in [0.5, 0.6) is 0 Å². The van der Waals surface area contributed by atoms with Crippen LogP contribution in [0.25, 0.3) is 0 Å². The molecule has 4 atom stereocenters. The number of alkyl halides is 1. The molecule has 1 aromatic carbocycles. The molecular formula is C27H39ClO4S. The summed E-state index contributed by atoms with van der Waals surface area (Å²) in [7, 11) is 0. The molecule has 2 N–H and O–H groups in total. The van der Waals surface area contributed by atoms with Gasteiger partial charge in [-0.05, 0) is 54.9 Å². The molecule has 4 nitrogen and oxygen atoms in total. The molecule has 3 unspecified atom stereocenters. The Balaban J connectivity index is 0.00000187. The lowest BCUT2D eigenvalue weighted by atomic mass is 9.90. The van der Waals surface area contributed by atoms with Crippen molar-refractivity contribution in [3.63, 3.8) is 0 Å². The average Bonchev–Trinajstić information content (AvgIpc) is 3.02. The summed E-state index contributed by atoms with van der Waals surface area (Å²) in [5.41, 5.74) is 4.19. The molecule has 0 bridgehead atoms. The van der Waals surface area contributed by atoms with E-state index in [4.69, 9.17) is 21.1 Å². The number of benzene rings is 1. The topological polar surface area (TPSA) is 58.9 Å². The molecule has 0 amide bonds. The maximum absolute atomic E-state index is 10.6. The van der Waals surface area contributed by atoms with Gasteiger partial charge in [-0.1, -0.05) is 50.3 Å². The van der Waals surface area contributed by atoms with Gasteiger partial charge in [-0.25, -0.2) is 0 Å². The van der Waals surface area contributed by atoms with E-state index in [0.29, 0.717) is 12.3 Å². The number of hydrogen-bond donors (Lipinski definition) is 2. The second kappa shape index (κ2) is 14.2. The maximum Gasteiger partial charge on any atom is 0.111 e. The van der Waals surface area contributed by atoms with Crippen molar-refractivity contribution in [2.45, 2.75) is 83.4 Å².